The van der Waals surface area contributed by atoms with Crippen molar-refractivity contribution < 1.29 is 13.9 Å². The number of carbonyl (C=O) groups excluding carboxylic acids is 1. The highest BCUT2D eigenvalue weighted by atomic mass is 32.2. The molecule has 0 aromatic heterocycles. The lowest BCUT2D eigenvalue weighted by atomic mass is 10.2. The van der Waals surface area contributed by atoms with Gasteiger partial charge in [-0.3, -0.25) is 9.69 Å². The number of amides is 1. The molecule has 1 fully saturated rings. The van der Waals surface area contributed by atoms with Crippen LogP contribution in [0.15, 0.2) is 58.4 Å². The number of rotatable bonds is 4. The van der Waals surface area contributed by atoms with Crippen molar-refractivity contribution in [2.45, 2.75) is 6.92 Å². The van der Waals surface area contributed by atoms with E-state index in [1.165, 1.54) is 23.9 Å². The monoisotopic (exact) mass is 356 g/mol. The predicted molar refractivity (Wildman–Crippen MR) is 99.4 cm³/mol. The fourth-order valence-electron chi connectivity index (χ4n) is 2.35. The Kier molecular flexibility index (Phi) is 5.19. The lowest BCUT2D eigenvalue weighted by Gasteiger charge is -2.11. The molecule has 128 valence electrons. The molecule has 4 nitrogen and oxygen atoms in total. The van der Waals surface area contributed by atoms with Gasteiger partial charge in [0.2, 0.25) is 0 Å². The van der Waals surface area contributed by atoms with Gasteiger partial charge < -0.3 is 4.74 Å². The number of nitrogens with zero attached hydrogens (tertiary/aromatic N) is 2. The molecule has 6 heteroatoms. The number of benzene rings is 2. The quantitative estimate of drug-likeness (QED) is 0.760. The van der Waals surface area contributed by atoms with Gasteiger partial charge in [0.05, 0.1) is 17.7 Å². The van der Waals surface area contributed by atoms with Crippen molar-refractivity contribution >= 4 is 34.6 Å². The second-order valence-corrected chi connectivity index (χ2v) is 6.31. The summed E-state index contributed by atoms with van der Waals surface area (Å²) in [6.45, 7) is 2.42. The van der Waals surface area contributed by atoms with Gasteiger partial charge in [-0.15, -0.1) is 0 Å². The maximum absolute atomic E-state index is 13.0. The Labute approximate surface area is 150 Å². The van der Waals surface area contributed by atoms with Gasteiger partial charge in [0, 0.05) is 6.54 Å². The van der Waals surface area contributed by atoms with E-state index in [1.807, 2.05) is 37.3 Å². The van der Waals surface area contributed by atoms with E-state index >= 15 is 0 Å². The third-order valence-electron chi connectivity index (χ3n) is 3.67. The van der Waals surface area contributed by atoms with Gasteiger partial charge >= 0.3 is 0 Å². The van der Waals surface area contributed by atoms with E-state index in [1.54, 1.807) is 24.1 Å². The van der Waals surface area contributed by atoms with E-state index in [-0.39, 0.29) is 11.7 Å². The highest BCUT2D eigenvalue weighted by molar-refractivity contribution is 8.18. The number of methoxy groups -OCH3 is 1. The summed E-state index contributed by atoms with van der Waals surface area (Å²) in [6, 6.07) is 13.4. The summed E-state index contributed by atoms with van der Waals surface area (Å²) < 4.78 is 18.2. The molecule has 1 aliphatic heterocycles. The standard InChI is InChI=1S/C19H17FN2O2S/c1-3-22-18(23)17(12-13-4-10-16(24-2)11-5-13)25-19(22)21-15-8-6-14(20)7-9-15/h4-12H,3H2,1-2H3/b17-12+,21-19?. The highest BCUT2D eigenvalue weighted by Gasteiger charge is 2.32. The highest BCUT2D eigenvalue weighted by Crippen LogP contribution is 2.34. The van der Waals surface area contributed by atoms with Crippen LogP contribution in [0.3, 0.4) is 0 Å². The maximum Gasteiger partial charge on any atom is 0.266 e. The second-order valence-electron chi connectivity index (χ2n) is 5.30. The molecule has 2 aromatic carbocycles. The minimum atomic E-state index is -0.313. The number of amidine groups is 1. The summed E-state index contributed by atoms with van der Waals surface area (Å²) in [4.78, 5) is 19.3. The van der Waals surface area contributed by atoms with Crippen LogP contribution in [0.1, 0.15) is 12.5 Å². The summed E-state index contributed by atoms with van der Waals surface area (Å²) in [5.74, 6) is 0.372. The van der Waals surface area contributed by atoms with Gasteiger partial charge in [-0.2, -0.15) is 0 Å². The first-order valence-electron chi connectivity index (χ1n) is 7.80. The first-order chi connectivity index (χ1) is 12.1. The molecule has 0 saturated carbocycles. The Morgan fingerprint density at radius 2 is 1.84 bits per heavy atom. The number of hydrogen-bond donors (Lipinski definition) is 0. The van der Waals surface area contributed by atoms with E-state index < -0.39 is 0 Å². The largest absolute Gasteiger partial charge is 0.497 e. The Balaban J connectivity index is 1.88. The van der Waals surface area contributed by atoms with Crippen LogP contribution in [0.5, 0.6) is 5.75 Å². The lowest BCUT2D eigenvalue weighted by molar-refractivity contribution is -0.122. The van der Waals surface area contributed by atoms with E-state index in [4.69, 9.17) is 4.74 Å². The van der Waals surface area contributed by atoms with E-state index in [9.17, 15) is 9.18 Å². The van der Waals surface area contributed by atoms with Gasteiger partial charge in [-0.05, 0) is 66.7 Å². The minimum absolute atomic E-state index is 0.0795. The van der Waals surface area contributed by atoms with Crippen molar-refractivity contribution in [2.75, 3.05) is 13.7 Å². The number of halogens is 1. The molecule has 0 radical (unpaired) electrons. The molecule has 0 unspecified atom stereocenters. The zero-order valence-corrected chi connectivity index (χ0v) is 14.7. The van der Waals surface area contributed by atoms with Crippen molar-refractivity contribution in [2.24, 2.45) is 4.99 Å². The molecule has 1 amide bonds. The fourth-order valence-corrected chi connectivity index (χ4v) is 3.41. The summed E-state index contributed by atoms with van der Waals surface area (Å²) >= 11 is 1.32. The van der Waals surface area contributed by atoms with E-state index in [0.29, 0.717) is 22.3 Å². The van der Waals surface area contributed by atoms with Crippen LogP contribution in [-0.2, 0) is 4.79 Å². The average molecular weight is 356 g/mol. The number of thioether (sulfide) groups is 1. The summed E-state index contributed by atoms with van der Waals surface area (Å²) in [6.07, 6.45) is 1.84. The predicted octanol–water partition coefficient (Wildman–Crippen LogP) is 4.46. The van der Waals surface area contributed by atoms with Crippen LogP contribution in [0.25, 0.3) is 6.08 Å². The summed E-state index contributed by atoms with van der Waals surface area (Å²) in [7, 11) is 1.61. The second kappa shape index (κ2) is 7.53. The normalized spacial score (nSPS) is 17.6. The van der Waals surface area contributed by atoms with Crippen LogP contribution in [0, 0.1) is 5.82 Å². The van der Waals surface area contributed by atoms with Gasteiger partial charge in [-0.25, -0.2) is 9.38 Å². The number of likely N-dealkylation sites (N-methyl/N-ethyl adjacent to an activating group) is 1. The Hall–Kier alpha value is -2.60. The SMILES string of the molecule is CCN1C(=O)/C(=C\c2ccc(OC)cc2)SC1=Nc1ccc(F)cc1. The first kappa shape index (κ1) is 17.2. The third kappa shape index (κ3) is 3.91. The third-order valence-corrected chi connectivity index (χ3v) is 4.68. The van der Waals surface area contributed by atoms with Crippen molar-refractivity contribution in [3.8, 4) is 5.75 Å². The number of aliphatic imine (C=N–C) groups is 1. The minimum Gasteiger partial charge on any atom is -0.497 e. The van der Waals surface area contributed by atoms with Gasteiger partial charge in [0.25, 0.3) is 5.91 Å². The van der Waals surface area contributed by atoms with Gasteiger partial charge in [0.15, 0.2) is 5.17 Å². The molecule has 0 aliphatic carbocycles. The number of hydrogen-bond acceptors (Lipinski definition) is 4. The zero-order chi connectivity index (χ0) is 17.8. The van der Waals surface area contributed by atoms with Crippen LogP contribution >= 0.6 is 11.8 Å². The average Bonchev–Trinajstić information content (AvgIpc) is 2.92. The molecule has 1 aliphatic rings. The van der Waals surface area contributed by atoms with Crippen LogP contribution in [0.2, 0.25) is 0 Å². The lowest BCUT2D eigenvalue weighted by Crippen LogP contribution is -2.28. The van der Waals surface area contributed by atoms with Crippen molar-refractivity contribution in [3.63, 3.8) is 0 Å². The number of ether oxygens (including phenoxy) is 1. The molecule has 1 heterocycles. The first-order valence-corrected chi connectivity index (χ1v) is 8.62. The van der Waals surface area contributed by atoms with Crippen molar-refractivity contribution in [1.29, 1.82) is 0 Å². The topological polar surface area (TPSA) is 41.9 Å². The molecular formula is C19H17FN2O2S. The summed E-state index contributed by atoms with van der Waals surface area (Å²) in [5.41, 5.74) is 1.52. The summed E-state index contributed by atoms with van der Waals surface area (Å²) in [5, 5.41) is 0.596. The molecule has 0 spiro atoms. The van der Waals surface area contributed by atoms with Crippen molar-refractivity contribution in [1.82, 2.24) is 4.90 Å². The molecule has 0 N–H and O–H groups in total. The van der Waals surface area contributed by atoms with Crippen LogP contribution in [0.4, 0.5) is 10.1 Å². The van der Waals surface area contributed by atoms with Crippen LogP contribution in [-0.4, -0.2) is 29.6 Å². The zero-order valence-electron chi connectivity index (χ0n) is 13.9. The molecule has 0 bridgehead atoms. The van der Waals surface area contributed by atoms with Crippen molar-refractivity contribution in [3.05, 3.63) is 64.8 Å². The smallest absolute Gasteiger partial charge is 0.266 e. The molecule has 1 saturated heterocycles. The van der Waals surface area contributed by atoms with Crippen LogP contribution < -0.4 is 4.74 Å². The van der Waals surface area contributed by atoms with Gasteiger partial charge in [-0.1, -0.05) is 12.1 Å². The Bertz CT molecular complexity index is 830. The number of carbonyl (C=O) groups is 1. The molecular weight excluding hydrogens is 339 g/mol. The fraction of sp³-hybridized carbons (Fsp3) is 0.158. The Morgan fingerprint density at radius 1 is 1.16 bits per heavy atom. The van der Waals surface area contributed by atoms with E-state index in [0.717, 1.165) is 11.3 Å². The molecule has 0 atom stereocenters. The molecule has 2 aromatic rings. The maximum atomic E-state index is 13.0. The van der Waals surface area contributed by atoms with E-state index in [2.05, 4.69) is 4.99 Å². The van der Waals surface area contributed by atoms with Gasteiger partial charge in [0.1, 0.15) is 11.6 Å². The Morgan fingerprint density at radius 3 is 2.44 bits per heavy atom. The molecule has 3 rings (SSSR count). The molecule has 25 heavy (non-hydrogen) atoms.